The zero-order valence-corrected chi connectivity index (χ0v) is 46.2. The zero-order valence-electron chi connectivity index (χ0n) is 46.2. The number of unbranched alkanes of at least 4 members (excludes halogenated alkanes) is 44. The van der Waals surface area contributed by atoms with Crippen molar-refractivity contribution in [1.82, 2.24) is 0 Å². The fraction of sp³-hybridized carbons (Fsp3) is 0.919. The van der Waals surface area contributed by atoms with E-state index in [9.17, 15) is 14.4 Å². The first-order chi connectivity index (χ1) is 33.5. The molecule has 1 atom stereocenters. The molecule has 0 rings (SSSR count). The number of hydrogen-bond acceptors (Lipinski definition) is 6. The quantitative estimate of drug-likeness (QED) is 0.0262. The van der Waals surface area contributed by atoms with E-state index in [1.807, 2.05) is 0 Å². The van der Waals surface area contributed by atoms with Crippen molar-refractivity contribution in [2.24, 2.45) is 0 Å². The molecule has 0 aromatic carbocycles. The van der Waals surface area contributed by atoms with Crippen LogP contribution in [0.2, 0.25) is 0 Å². The van der Waals surface area contributed by atoms with Gasteiger partial charge in [0.15, 0.2) is 6.10 Å². The highest BCUT2D eigenvalue weighted by Gasteiger charge is 2.19. The van der Waals surface area contributed by atoms with E-state index < -0.39 is 6.10 Å². The molecule has 0 heterocycles. The summed E-state index contributed by atoms with van der Waals surface area (Å²) in [6, 6.07) is 0. The molecule has 0 fully saturated rings. The number of carbonyl (C=O) groups is 3. The lowest BCUT2D eigenvalue weighted by Crippen LogP contribution is -2.30. The normalized spacial score (nSPS) is 12.0. The van der Waals surface area contributed by atoms with Crippen LogP contribution in [0, 0.1) is 0 Å². The van der Waals surface area contributed by atoms with Gasteiger partial charge in [0.2, 0.25) is 0 Å². The van der Waals surface area contributed by atoms with Gasteiger partial charge in [0.1, 0.15) is 13.2 Å². The number of allylic oxidation sites excluding steroid dienone is 2. The lowest BCUT2D eigenvalue weighted by molar-refractivity contribution is -0.167. The van der Waals surface area contributed by atoms with E-state index in [0.29, 0.717) is 19.3 Å². The topological polar surface area (TPSA) is 78.9 Å². The van der Waals surface area contributed by atoms with Crippen molar-refractivity contribution in [3.8, 4) is 0 Å². The molecule has 0 saturated carbocycles. The Labute approximate surface area is 424 Å². The summed E-state index contributed by atoms with van der Waals surface area (Å²) in [5, 5.41) is 0. The molecule has 0 aliphatic heterocycles. The summed E-state index contributed by atoms with van der Waals surface area (Å²) in [6.07, 6.45) is 66.4. The Hall–Kier alpha value is -1.85. The van der Waals surface area contributed by atoms with E-state index in [2.05, 4.69) is 32.9 Å². The smallest absolute Gasteiger partial charge is 0.306 e. The van der Waals surface area contributed by atoms with Crippen LogP contribution in [0.1, 0.15) is 348 Å². The molecular weight excluding hydrogens is 841 g/mol. The first kappa shape index (κ1) is 66.2. The predicted octanol–water partition coefficient (Wildman–Crippen LogP) is 20.5. The van der Waals surface area contributed by atoms with E-state index in [0.717, 1.165) is 64.2 Å². The first-order valence-electron chi connectivity index (χ1n) is 30.7. The Morgan fingerprint density at radius 1 is 0.279 bits per heavy atom. The molecule has 6 heteroatoms. The van der Waals surface area contributed by atoms with E-state index in [-0.39, 0.29) is 31.1 Å². The highest BCUT2D eigenvalue weighted by Crippen LogP contribution is 2.18. The number of esters is 3. The Morgan fingerprint density at radius 2 is 0.485 bits per heavy atom. The molecule has 1 unspecified atom stereocenters. The molecule has 0 aromatic rings. The van der Waals surface area contributed by atoms with Crippen molar-refractivity contribution in [3.63, 3.8) is 0 Å². The highest BCUT2D eigenvalue weighted by atomic mass is 16.6. The predicted molar refractivity (Wildman–Crippen MR) is 293 cm³/mol. The van der Waals surface area contributed by atoms with Crippen LogP contribution in [0.5, 0.6) is 0 Å². The summed E-state index contributed by atoms with van der Waals surface area (Å²) >= 11 is 0. The molecule has 0 aromatic heterocycles. The SMILES string of the molecule is CCCCCC/C=C\CCCCCCCC(=O)OCC(COC(=O)CCCCCCCCCCCCCCCCCCCCCCCC)OC(=O)CCCCCCCCCCCCCCCCC. The van der Waals surface area contributed by atoms with Crippen molar-refractivity contribution >= 4 is 17.9 Å². The van der Waals surface area contributed by atoms with Crippen molar-refractivity contribution in [3.05, 3.63) is 12.2 Å². The third-order valence-electron chi connectivity index (χ3n) is 14.0. The van der Waals surface area contributed by atoms with E-state index in [1.54, 1.807) is 0 Å². The minimum absolute atomic E-state index is 0.0663. The fourth-order valence-corrected chi connectivity index (χ4v) is 9.38. The van der Waals surface area contributed by atoms with Crippen LogP contribution < -0.4 is 0 Å². The van der Waals surface area contributed by atoms with Gasteiger partial charge >= 0.3 is 17.9 Å². The highest BCUT2D eigenvalue weighted by molar-refractivity contribution is 5.71. The lowest BCUT2D eigenvalue weighted by Gasteiger charge is -2.18. The number of carbonyl (C=O) groups excluding carboxylic acids is 3. The molecule has 0 aliphatic carbocycles. The number of rotatable bonds is 57. The van der Waals surface area contributed by atoms with Gasteiger partial charge < -0.3 is 14.2 Å². The van der Waals surface area contributed by atoms with Gasteiger partial charge in [-0.3, -0.25) is 14.4 Å². The molecular formula is C62H118O6. The Bertz CT molecular complexity index is 1060. The van der Waals surface area contributed by atoms with Crippen molar-refractivity contribution in [1.29, 1.82) is 0 Å². The molecule has 6 nitrogen and oxygen atoms in total. The average molecular weight is 960 g/mol. The van der Waals surface area contributed by atoms with Crippen LogP contribution >= 0.6 is 0 Å². The van der Waals surface area contributed by atoms with E-state index in [1.165, 1.54) is 244 Å². The second-order valence-corrected chi connectivity index (χ2v) is 21.0. The van der Waals surface area contributed by atoms with Crippen molar-refractivity contribution in [2.75, 3.05) is 13.2 Å². The Morgan fingerprint density at radius 3 is 0.750 bits per heavy atom. The van der Waals surface area contributed by atoms with Gasteiger partial charge in [-0.2, -0.15) is 0 Å². The van der Waals surface area contributed by atoms with Crippen LogP contribution in [0.15, 0.2) is 12.2 Å². The molecule has 68 heavy (non-hydrogen) atoms. The third-order valence-corrected chi connectivity index (χ3v) is 14.0. The molecule has 0 radical (unpaired) electrons. The number of ether oxygens (including phenoxy) is 3. The molecule has 402 valence electrons. The van der Waals surface area contributed by atoms with E-state index >= 15 is 0 Å². The van der Waals surface area contributed by atoms with Gasteiger partial charge in [-0.25, -0.2) is 0 Å². The van der Waals surface area contributed by atoms with Crippen LogP contribution in [0.4, 0.5) is 0 Å². The lowest BCUT2D eigenvalue weighted by atomic mass is 10.0. The average Bonchev–Trinajstić information content (AvgIpc) is 3.34. The van der Waals surface area contributed by atoms with Gasteiger partial charge in [-0.15, -0.1) is 0 Å². The summed E-state index contributed by atoms with van der Waals surface area (Å²) in [6.45, 7) is 6.68. The standard InChI is InChI=1S/C62H118O6/c1-4-7-10-13-16-19-22-25-27-28-29-30-31-32-33-35-37-40-43-46-49-52-55-61(64)67-58-59(57-66-60(63)54-51-48-45-42-39-36-24-21-18-15-12-9-6-3)68-62(65)56-53-50-47-44-41-38-34-26-23-20-17-14-11-8-5-2/h21,24,59H,4-20,22-23,25-58H2,1-3H3/b24-21-. The van der Waals surface area contributed by atoms with Gasteiger partial charge in [0, 0.05) is 19.3 Å². The Kier molecular flexibility index (Phi) is 56.2. The molecule has 0 N–H and O–H groups in total. The first-order valence-corrected chi connectivity index (χ1v) is 30.7. The molecule has 0 spiro atoms. The molecule has 0 bridgehead atoms. The Balaban J connectivity index is 4.24. The van der Waals surface area contributed by atoms with Crippen LogP contribution in [0.25, 0.3) is 0 Å². The summed E-state index contributed by atoms with van der Waals surface area (Å²) in [5.74, 6) is -0.848. The number of hydrogen-bond donors (Lipinski definition) is 0. The monoisotopic (exact) mass is 959 g/mol. The third kappa shape index (κ3) is 55.1. The summed E-state index contributed by atoms with van der Waals surface area (Å²) in [7, 11) is 0. The van der Waals surface area contributed by atoms with Crippen molar-refractivity contribution in [2.45, 2.75) is 354 Å². The zero-order chi connectivity index (χ0) is 49.3. The van der Waals surface area contributed by atoms with Gasteiger partial charge in [0.25, 0.3) is 0 Å². The van der Waals surface area contributed by atoms with E-state index in [4.69, 9.17) is 14.2 Å². The summed E-state index contributed by atoms with van der Waals surface area (Å²) < 4.78 is 16.9. The maximum absolute atomic E-state index is 12.9. The van der Waals surface area contributed by atoms with Gasteiger partial charge in [-0.1, -0.05) is 296 Å². The van der Waals surface area contributed by atoms with Gasteiger partial charge in [-0.05, 0) is 44.9 Å². The van der Waals surface area contributed by atoms with Crippen molar-refractivity contribution < 1.29 is 28.6 Å². The van der Waals surface area contributed by atoms with Crippen LogP contribution in [-0.4, -0.2) is 37.2 Å². The largest absolute Gasteiger partial charge is 0.462 e. The van der Waals surface area contributed by atoms with Crippen LogP contribution in [-0.2, 0) is 28.6 Å². The molecule has 0 aliphatic rings. The summed E-state index contributed by atoms with van der Waals surface area (Å²) in [4.78, 5) is 38.2. The minimum atomic E-state index is -0.768. The molecule has 0 amide bonds. The van der Waals surface area contributed by atoms with Crippen LogP contribution in [0.3, 0.4) is 0 Å². The second kappa shape index (κ2) is 57.7. The summed E-state index contributed by atoms with van der Waals surface area (Å²) in [5.41, 5.74) is 0. The van der Waals surface area contributed by atoms with Gasteiger partial charge in [0.05, 0.1) is 0 Å². The second-order valence-electron chi connectivity index (χ2n) is 21.0. The maximum atomic E-state index is 12.9. The maximum Gasteiger partial charge on any atom is 0.306 e. The minimum Gasteiger partial charge on any atom is -0.462 e. The fourth-order valence-electron chi connectivity index (χ4n) is 9.38. The molecule has 0 saturated heterocycles.